The van der Waals surface area contributed by atoms with Gasteiger partial charge in [0, 0.05) is 0 Å². The second-order valence-electron chi connectivity index (χ2n) is 0.447. The van der Waals surface area contributed by atoms with Crippen molar-refractivity contribution in [2.45, 2.75) is 0 Å². The van der Waals surface area contributed by atoms with E-state index >= 15 is 0 Å². The van der Waals surface area contributed by atoms with Crippen molar-refractivity contribution in [1.82, 2.24) is 0 Å². The molecule has 0 bridgehead atoms. The molecule has 4 nitrogen and oxygen atoms in total. The molecule has 0 spiro atoms. The van der Waals surface area contributed by atoms with E-state index in [-0.39, 0.29) is 80.2 Å². The van der Waals surface area contributed by atoms with Crippen molar-refractivity contribution in [1.29, 1.82) is 0 Å². The Morgan fingerprint density at radius 3 is 1.00 bits per heavy atom. The minimum Gasteiger partial charge on any atom is -0.822 e. The molecule has 0 fully saturated rings. The van der Waals surface area contributed by atoms with Crippen LogP contribution in [0.15, 0.2) is 0 Å². The molecule has 0 saturated heterocycles. The molecule has 9 heavy (non-hydrogen) atoms. The van der Waals surface area contributed by atoms with E-state index in [1.165, 1.54) is 0 Å². The van der Waals surface area contributed by atoms with Crippen LogP contribution in [0.4, 0.5) is 0 Å². The summed E-state index contributed by atoms with van der Waals surface area (Å²) < 4.78 is 8.55. The Bertz CT molecular complexity index is 64.7. The van der Waals surface area contributed by atoms with Crippen LogP contribution in [0.3, 0.4) is 0 Å². The first-order valence-corrected chi connectivity index (χ1v) is 2.19. The van der Waals surface area contributed by atoms with E-state index in [0.717, 1.165) is 0 Å². The fraction of sp³-hybridized carbons (Fsp3) is 0. The third-order valence-electron chi connectivity index (χ3n) is 0. The summed E-state index contributed by atoms with van der Waals surface area (Å²) in [4.78, 5) is 25.6. The molecule has 0 atom stereocenters. The third kappa shape index (κ3) is 112. The van der Waals surface area contributed by atoms with E-state index < -0.39 is 7.82 Å². The standard InChI is InChI=1S/Fe.2Mg.Mn.H3O4P/c;;;;1-5(2,3)4/h;;;;(H3,1,2,3,4)/q4*+2;/p-3. The SMILES string of the molecule is O=P([O-])([O-])[O-].[Fe+2].[Mg+2].[Mg+2].[Mn+2]. The van der Waals surface area contributed by atoms with Crippen molar-refractivity contribution < 1.29 is 53.4 Å². The Morgan fingerprint density at radius 2 is 1.00 bits per heavy atom. The van der Waals surface area contributed by atoms with Gasteiger partial charge in [0.2, 0.25) is 0 Å². The Balaban J connectivity index is -0.0000000133. The predicted molar refractivity (Wildman–Crippen MR) is 19.1 cm³/mol. The monoisotopic (exact) mass is 254 g/mol. The van der Waals surface area contributed by atoms with E-state index in [4.69, 9.17) is 19.2 Å². The van der Waals surface area contributed by atoms with Crippen molar-refractivity contribution in [3.05, 3.63) is 0 Å². The van der Waals surface area contributed by atoms with Gasteiger partial charge in [-0.3, -0.25) is 0 Å². The van der Waals surface area contributed by atoms with Gasteiger partial charge in [-0.05, 0) is 0 Å². The quantitative estimate of drug-likeness (QED) is 0.330. The van der Waals surface area contributed by atoms with Crippen LogP contribution < -0.4 is 14.7 Å². The Kier molecular flexibility index (Phi) is 44.1. The van der Waals surface area contributed by atoms with Gasteiger partial charge in [-0.2, -0.15) is 7.82 Å². The van der Waals surface area contributed by atoms with Gasteiger partial charge in [-0.15, -0.1) is 0 Å². The van der Waals surface area contributed by atoms with Crippen molar-refractivity contribution in [2.24, 2.45) is 0 Å². The molecule has 43 valence electrons. The van der Waals surface area contributed by atoms with Crippen LogP contribution in [0.1, 0.15) is 0 Å². The molecule has 0 aromatic carbocycles. The van der Waals surface area contributed by atoms with Crippen LogP contribution in [0.5, 0.6) is 0 Å². The van der Waals surface area contributed by atoms with Crippen molar-refractivity contribution in [2.75, 3.05) is 0 Å². The van der Waals surface area contributed by atoms with Crippen molar-refractivity contribution in [3.63, 3.8) is 0 Å². The molecule has 0 unspecified atom stereocenters. The molecule has 0 rings (SSSR count). The molecule has 0 aromatic heterocycles. The van der Waals surface area contributed by atoms with Gasteiger partial charge in [-0.1, -0.05) is 0 Å². The largest absolute Gasteiger partial charge is 2.00 e. The van der Waals surface area contributed by atoms with Gasteiger partial charge in [0.25, 0.3) is 0 Å². The number of phosphoric acid groups is 1. The molecule has 0 aliphatic heterocycles. The average Bonchev–Trinajstić information content (AvgIpc) is 0.722. The van der Waals surface area contributed by atoms with Gasteiger partial charge >= 0.3 is 80.2 Å². The zero-order chi connectivity index (χ0) is 4.50. The molecular formula is FeMg2MnO4P+5. The zero-order valence-corrected chi connectivity index (χ0v) is 10.2. The van der Waals surface area contributed by atoms with E-state index in [1.807, 2.05) is 0 Å². The molecular weight excluding hydrogens is 254 g/mol. The Hall–Kier alpha value is 2.68. The van der Waals surface area contributed by atoms with E-state index in [1.54, 1.807) is 0 Å². The van der Waals surface area contributed by atoms with Crippen LogP contribution >= 0.6 is 7.82 Å². The topological polar surface area (TPSA) is 86.2 Å². The normalized spacial score (nSPS) is 6.56. The minimum atomic E-state index is -5.39. The van der Waals surface area contributed by atoms with Gasteiger partial charge in [-0.25, -0.2) is 0 Å². The summed E-state index contributed by atoms with van der Waals surface area (Å²) >= 11 is 0. The van der Waals surface area contributed by atoms with E-state index in [2.05, 4.69) is 0 Å². The summed E-state index contributed by atoms with van der Waals surface area (Å²) in [5, 5.41) is 0. The van der Waals surface area contributed by atoms with E-state index in [9.17, 15) is 0 Å². The Morgan fingerprint density at radius 1 is 1.00 bits per heavy atom. The maximum Gasteiger partial charge on any atom is 2.00 e. The molecule has 0 saturated carbocycles. The van der Waals surface area contributed by atoms with Gasteiger partial charge in [0.05, 0.1) is 0 Å². The van der Waals surface area contributed by atoms with E-state index in [0.29, 0.717) is 0 Å². The van der Waals surface area contributed by atoms with Crippen molar-refractivity contribution >= 4 is 53.9 Å². The van der Waals surface area contributed by atoms with Crippen LogP contribution in [0, 0.1) is 0 Å². The first-order chi connectivity index (χ1) is 2.00. The summed E-state index contributed by atoms with van der Waals surface area (Å²) in [5.41, 5.74) is 0. The molecule has 0 aliphatic rings. The summed E-state index contributed by atoms with van der Waals surface area (Å²) in [6.45, 7) is 0. The molecule has 1 radical (unpaired) electrons. The summed E-state index contributed by atoms with van der Waals surface area (Å²) in [7, 11) is -5.39. The molecule has 0 heterocycles. The number of rotatable bonds is 0. The molecule has 0 amide bonds. The maximum atomic E-state index is 8.55. The van der Waals surface area contributed by atoms with Gasteiger partial charge < -0.3 is 19.2 Å². The first kappa shape index (κ1) is 29.9. The number of hydrogen-bond donors (Lipinski definition) is 0. The predicted octanol–water partition coefficient (Wildman–Crippen LogP) is -3.59. The fourth-order valence-electron chi connectivity index (χ4n) is 0. The molecule has 0 N–H and O–H groups in total. The summed E-state index contributed by atoms with van der Waals surface area (Å²) in [6, 6.07) is 0. The van der Waals surface area contributed by atoms with Crippen LogP contribution in [0.25, 0.3) is 0 Å². The third-order valence-corrected chi connectivity index (χ3v) is 0. The molecule has 0 aromatic rings. The Labute approximate surface area is 106 Å². The van der Waals surface area contributed by atoms with Crippen LogP contribution in [-0.2, 0) is 38.7 Å². The number of hydrogen-bond acceptors (Lipinski definition) is 4. The smallest absolute Gasteiger partial charge is 0.822 e. The van der Waals surface area contributed by atoms with Gasteiger partial charge in [0.1, 0.15) is 0 Å². The first-order valence-electron chi connectivity index (χ1n) is 0.730. The van der Waals surface area contributed by atoms with Crippen LogP contribution in [0.2, 0.25) is 0 Å². The maximum absolute atomic E-state index is 8.55. The van der Waals surface area contributed by atoms with Gasteiger partial charge in [0.15, 0.2) is 0 Å². The summed E-state index contributed by atoms with van der Waals surface area (Å²) in [6.07, 6.45) is 0. The minimum absolute atomic E-state index is 0. The second-order valence-corrected chi connectivity index (χ2v) is 1.34. The molecule has 0 aliphatic carbocycles. The molecule has 9 heteroatoms. The average molecular weight is 254 g/mol. The van der Waals surface area contributed by atoms with Crippen LogP contribution in [-0.4, -0.2) is 46.1 Å². The zero-order valence-electron chi connectivity index (χ0n) is 4.23. The van der Waals surface area contributed by atoms with Crippen molar-refractivity contribution in [3.8, 4) is 0 Å². The fourth-order valence-corrected chi connectivity index (χ4v) is 0. The second kappa shape index (κ2) is 13.3. The summed E-state index contributed by atoms with van der Waals surface area (Å²) in [5.74, 6) is 0.